The van der Waals surface area contributed by atoms with Crippen molar-refractivity contribution < 1.29 is 9.18 Å². The van der Waals surface area contributed by atoms with Crippen LogP contribution in [-0.4, -0.2) is 27.4 Å². The molecule has 0 radical (unpaired) electrons. The van der Waals surface area contributed by atoms with Crippen molar-refractivity contribution in [3.8, 4) is 11.3 Å². The third-order valence-corrected chi connectivity index (χ3v) is 6.51. The van der Waals surface area contributed by atoms with Crippen molar-refractivity contribution in [1.29, 1.82) is 0 Å². The number of hydrogen-bond acceptors (Lipinski definition) is 5. The Balaban J connectivity index is 1.39. The lowest BCUT2D eigenvalue weighted by Crippen LogP contribution is -2.31. The molecule has 0 saturated carbocycles. The minimum Gasteiger partial charge on any atom is -0.323 e. The van der Waals surface area contributed by atoms with Crippen LogP contribution in [0.1, 0.15) is 16.7 Å². The highest BCUT2D eigenvalue weighted by Gasteiger charge is 2.27. The number of benzene rings is 2. The fraction of sp³-hybridized carbons (Fsp3) is 0.154. The van der Waals surface area contributed by atoms with E-state index in [-0.39, 0.29) is 17.4 Å². The molecule has 6 nitrogen and oxygen atoms in total. The zero-order valence-corrected chi connectivity index (χ0v) is 20.2. The van der Waals surface area contributed by atoms with Crippen LogP contribution in [0.2, 0.25) is 10.0 Å². The van der Waals surface area contributed by atoms with Crippen molar-refractivity contribution in [3.05, 3.63) is 93.5 Å². The lowest BCUT2D eigenvalue weighted by atomic mass is 10.1. The van der Waals surface area contributed by atoms with Gasteiger partial charge in [0.05, 0.1) is 22.8 Å². The second kappa shape index (κ2) is 9.60. The standard InChI is InChI=1S/C26H20Cl2FN5O/c1-15-13-31-26(32-22-7-6-19(29)12-21(22)28)33-24(15)18-10-17-8-9-34(25(17)30-14-18)23(35)11-16-4-2-3-5-20(16)27/h2-7,10,12-14H,8-9,11H2,1H3,(H,31,32,33). The number of nitrogens with one attached hydrogen (secondary N) is 1. The van der Waals surface area contributed by atoms with Gasteiger partial charge in [-0.05, 0) is 60.4 Å². The van der Waals surface area contributed by atoms with Gasteiger partial charge in [-0.25, -0.2) is 19.3 Å². The number of aryl methyl sites for hydroxylation is 1. The van der Waals surface area contributed by atoms with E-state index in [9.17, 15) is 9.18 Å². The fourth-order valence-electron chi connectivity index (χ4n) is 4.05. The second-order valence-electron chi connectivity index (χ2n) is 8.24. The molecule has 1 aliphatic rings. The van der Waals surface area contributed by atoms with Crippen LogP contribution in [0.4, 0.5) is 21.8 Å². The molecule has 1 N–H and O–H groups in total. The molecule has 0 fully saturated rings. The maximum atomic E-state index is 13.4. The summed E-state index contributed by atoms with van der Waals surface area (Å²) in [6, 6.07) is 13.4. The summed E-state index contributed by atoms with van der Waals surface area (Å²) in [4.78, 5) is 28.2. The van der Waals surface area contributed by atoms with E-state index in [1.54, 1.807) is 23.4 Å². The number of pyridine rings is 1. The first-order valence-corrected chi connectivity index (χ1v) is 11.7. The number of rotatable bonds is 5. The Bertz CT molecular complexity index is 1450. The number of fused-ring (bicyclic) bond motifs is 1. The van der Waals surface area contributed by atoms with Gasteiger partial charge in [-0.3, -0.25) is 9.69 Å². The predicted octanol–water partition coefficient (Wildman–Crippen LogP) is 6.17. The minimum absolute atomic E-state index is 0.0435. The summed E-state index contributed by atoms with van der Waals surface area (Å²) in [7, 11) is 0. The second-order valence-corrected chi connectivity index (χ2v) is 9.06. The van der Waals surface area contributed by atoms with Crippen molar-refractivity contribution in [2.75, 3.05) is 16.8 Å². The average Bonchev–Trinajstić information content (AvgIpc) is 3.27. The van der Waals surface area contributed by atoms with Gasteiger partial charge in [-0.2, -0.15) is 0 Å². The van der Waals surface area contributed by atoms with Crippen LogP contribution in [0.25, 0.3) is 11.3 Å². The Hall–Kier alpha value is -3.55. The van der Waals surface area contributed by atoms with Crippen molar-refractivity contribution >= 4 is 46.6 Å². The Kier molecular flexibility index (Phi) is 6.36. The SMILES string of the molecule is Cc1cnc(Nc2ccc(F)cc2Cl)nc1-c1cnc2c(c1)CCN2C(=O)Cc1ccccc1Cl. The Labute approximate surface area is 211 Å². The highest BCUT2D eigenvalue weighted by Crippen LogP contribution is 2.32. The average molecular weight is 508 g/mol. The van der Waals surface area contributed by atoms with Gasteiger partial charge in [-0.1, -0.05) is 41.4 Å². The number of hydrogen-bond donors (Lipinski definition) is 1. The van der Waals surface area contributed by atoms with Crippen LogP contribution in [0.5, 0.6) is 0 Å². The predicted molar refractivity (Wildman–Crippen MR) is 136 cm³/mol. The van der Waals surface area contributed by atoms with Gasteiger partial charge >= 0.3 is 0 Å². The van der Waals surface area contributed by atoms with E-state index in [4.69, 9.17) is 23.2 Å². The van der Waals surface area contributed by atoms with Gasteiger partial charge in [0.2, 0.25) is 11.9 Å². The molecule has 4 aromatic rings. The molecule has 0 atom stereocenters. The zero-order chi connectivity index (χ0) is 24.5. The maximum Gasteiger partial charge on any atom is 0.232 e. The van der Waals surface area contributed by atoms with E-state index >= 15 is 0 Å². The molecule has 0 spiro atoms. The first-order valence-electron chi connectivity index (χ1n) is 11.0. The molecule has 1 aliphatic heterocycles. The van der Waals surface area contributed by atoms with Crippen LogP contribution in [-0.2, 0) is 17.6 Å². The molecule has 176 valence electrons. The van der Waals surface area contributed by atoms with Crippen molar-refractivity contribution in [1.82, 2.24) is 15.0 Å². The van der Waals surface area contributed by atoms with Gasteiger partial charge in [0.15, 0.2) is 0 Å². The zero-order valence-electron chi connectivity index (χ0n) is 18.7. The summed E-state index contributed by atoms with van der Waals surface area (Å²) in [5, 5.41) is 3.84. The molecule has 3 heterocycles. The quantitative estimate of drug-likeness (QED) is 0.349. The van der Waals surface area contributed by atoms with E-state index in [0.29, 0.717) is 41.1 Å². The highest BCUT2D eigenvalue weighted by atomic mass is 35.5. The topological polar surface area (TPSA) is 71.0 Å². The number of aromatic nitrogens is 3. The summed E-state index contributed by atoms with van der Waals surface area (Å²) in [6.45, 7) is 2.48. The molecule has 5 rings (SSSR count). The molecule has 0 aliphatic carbocycles. The number of nitrogens with zero attached hydrogens (tertiary/aromatic N) is 4. The third-order valence-electron chi connectivity index (χ3n) is 5.83. The molecule has 2 aromatic heterocycles. The van der Waals surface area contributed by atoms with Gasteiger partial charge in [0, 0.05) is 29.5 Å². The van der Waals surface area contributed by atoms with E-state index in [2.05, 4.69) is 20.3 Å². The minimum atomic E-state index is -0.422. The van der Waals surface area contributed by atoms with Crippen LogP contribution < -0.4 is 10.2 Å². The van der Waals surface area contributed by atoms with Crippen LogP contribution in [0, 0.1) is 12.7 Å². The molecule has 1 amide bonds. The molecule has 9 heteroatoms. The van der Waals surface area contributed by atoms with Crippen LogP contribution in [0.15, 0.2) is 60.9 Å². The molecule has 0 unspecified atom stereocenters. The van der Waals surface area contributed by atoms with Crippen LogP contribution >= 0.6 is 23.2 Å². The summed E-state index contributed by atoms with van der Waals surface area (Å²) in [5.41, 5.74) is 4.66. The Morgan fingerprint density at radius 3 is 2.71 bits per heavy atom. The lowest BCUT2D eigenvalue weighted by Gasteiger charge is -2.17. The molecule has 0 saturated heterocycles. The Morgan fingerprint density at radius 2 is 1.91 bits per heavy atom. The van der Waals surface area contributed by atoms with E-state index in [1.807, 2.05) is 31.2 Å². The van der Waals surface area contributed by atoms with Gasteiger partial charge in [0.1, 0.15) is 11.6 Å². The lowest BCUT2D eigenvalue weighted by molar-refractivity contribution is -0.117. The summed E-state index contributed by atoms with van der Waals surface area (Å²) >= 11 is 12.4. The first-order chi connectivity index (χ1) is 16.9. The van der Waals surface area contributed by atoms with Gasteiger partial charge in [-0.15, -0.1) is 0 Å². The summed E-state index contributed by atoms with van der Waals surface area (Å²) < 4.78 is 13.4. The summed E-state index contributed by atoms with van der Waals surface area (Å²) in [6.07, 6.45) is 4.33. The monoisotopic (exact) mass is 507 g/mol. The number of carbonyl (C=O) groups excluding carboxylic acids is 1. The number of anilines is 3. The van der Waals surface area contributed by atoms with Gasteiger partial charge in [0.25, 0.3) is 0 Å². The highest BCUT2D eigenvalue weighted by molar-refractivity contribution is 6.33. The number of amides is 1. The Morgan fingerprint density at radius 1 is 1.09 bits per heavy atom. The largest absolute Gasteiger partial charge is 0.323 e. The molecule has 2 aromatic carbocycles. The van der Waals surface area contributed by atoms with Crippen molar-refractivity contribution in [2.45, 2.75) is 19.8 Å². The number of carbonyl (C=O) groups is 1. The van der Waals surface area contributed by atoms with E-state index in [0.717, 1.165) is 22.3 Å². The first kappa shape index (κ1) is 23.2. The van der Waals surface area contributed by atoms with Crippen LogP contribution in [0.3, 0.4) is 0 Å². The fourth-order valence-corrected chi connectivity index (χ4v) is 4.46. The molecule has 35 heavy (non-hydrogen) atoms. The number of halogens is 3. The van der Waals surface area contributed by atoms with Crippen molar-refractivity contribution in [3.63, 3.8) is 0 Å². The smallest absolute Gasteiger partial charge is 0.232 e. The third kappa shape index (κ3) is 4.83. The van der Waals surface area contributed by atoms with E-state index in [1.165, 1.54) is 18.2 Å². The molecular formula is C26H20Cl2FN5O. The molecular weight excluding hydrogens is 488 g/mol. The van der Waals surface area contributed by atoms with Crippen molar-refractivity contribution in [2.24, 2.45) is 0 Å². The summed E-state index contributed by atoms with van der Waals surface area (Å²) in [5.74, 6) is 0.526. The van der Waals surface area contributed by atoms with Gasteiger partial charge < -0.3 is 5.32 Å². The maximum absolute atomic E-state index is 13.4. The van der Waals surface area contributed by atoms with E-state index < -0.39 is 5.82 Å². The molecule has 0 bridgehead atoms. The normalized spacial score (nSPS) is 12.5.